The van der Waals surface area contributed by atoms with Crippen LogP contribution in [0.5, 0.6) is 0 Å². The molecule has 0 atom stereocenters. The first-order valence-corrected chi connectivity index (χ1v) is 11.5. The Labute approximate surface area is 208 Å². The van der Waals surface area contributed by atoms with Crippen molar-refractivity contribution in [2.75, 3.05) is 10.6 Å². The van der Waals surface area contributed by atoms with Gasteiger partial charge in [-0.05, 0) is 48.9 Å². The molecule has 0 fully saturated rings. The van der Waals surface area contributed by atoms with E-state index in [0.29, 0.717) is 28.4 Å². The zero-order chi connectivity index (χ0) is 25.3. The maximum atomic E-state index is 13.0. The molecule has 0 radical (unpaired) electrons. The third kappa shape index (κ3) is 4.63. The van der Waals surface area contributed by atoms with Gasteiger partial charge in [0.25, 0.3) is 5.91 Å². The van der Waals surface area contributed by atoms with Crippen LogP contribution in [0.25, 0.3) is 22.4 Å². The average molecular weight is 479 g/mol. The quantitative estimate of drug-likeness (QED) is 0.309. The molecule has 5 rings (SSSR count). The molecule has 0 bridgehead atoms. The second kappa shape index (κ2) is 9.18. The summed E-state index contributed by atoms with van der Waals surface area (Å²) in [6, 6.07) is 13.1. The number of aromatic amines is 1. The van der Waals surface area contributed by atoms with E-state index in [9.17, 15) is 4.79 Å². The number of aromatic nitrogens is 6. The van der Waals surface area contributed by atoms with Crippen molar-refractivity contribution in [2.24, 2.45) is 0 Å². The van der Waals surface area contributed by atoms with Crippen molar-refractivity contribution < 1.29 is 4.79 Å². The standard InChI is InChI=1S/C27H26N8O/c1-16-7-8-18(34-26(36)17-9-11-28-21(12-17)27(2,3)4)13-20(16)35-24-19(6-5-10-29-24)22-23-25(32-14-30-22)33-15-31-23/h5-15H,1-4H3,(H,29,35)(H,34,36)(H,30,31,32,33). The van der Waals surface area contributed by atoms with Gasteiger partial charge in [-0.15, -0.1) is 0 Å². The van der Waals surface area contributed by atoms with Gasteiger partial charge < -0.3 is 15.6 Å². The Morgan fingerprint density at radius 3 is 2.64 bits per heavy atom. The summed E-state index contributed by atoms with van der Waals surface area (Å²) in [4.78, 5) is 37.9. The van der Waals surface area contributed by atoms with E-state index in [-0.39, 0.29) is 11.3 Å². The minimum absolute atomic E-state index is 0.150. The fraction of sp³-hybridized carbons (Fsp3) is 0.185. The Kier molecular flexibility index (Phi) is 5.89. The van der Waals surface area contributed by atoms with Gasteiger partial charge in [-0.1, -0.05) is 26.8 Å². The second-order valence-corrected chi connectivity index (χ2v) is 9.51. The molecule has 5 aromatic rings. The lowest BCUT2D eigenvalue weighted by Gasteiger charge is -2.18. The number of carbonyl (C=O) groups is 1. The van der Waals surface area contributed by atoms with Crippen LogP contribution in [-0.4, -0.2) is 35.8 Å². The lowest BCUT2D eigenvalue weighted by atomic mass is 9.91. The molecule has 0 aliphatic heterocycles. The Balaban J connectivity index is 1.43. The number of nitrogens with one attached hydrogen (secondary N) is 3. The number of H-pyrrole nitrogens is 1. The van der Waals surface area contributed by atoms with Gasteiger partial charge in [0.1, 0.15) is 23.4 Å². The van der Waals surface area contributed by atoms with Crippen LogP contribution >= 0.6 is 0 Å². The number of pyridine rings is 2. The van der Waals surface area contributed by atoms with E-state index in [2.05, 4.69) is 61.3 Å². The molecule has 0 saturated heterocycles. The van der Waals surface area contributed by atoms with E-state index in [1.807, 2.05) is 43.3 Å². The summed E-state index contributed by atoms with van der Waals surface area (Å²) in [5.41, 5.74) is 6.56. The van der Waals surface area contributed by atoms with Gasteiger partial charge in [0.15, 0.2) is 5.65 Å². The molecule has 3 N–H and O–H groups in total. The van der Waals surface area contributed by atoms with Gasteiger partial charge in [0.05, 0.1) is 6.33 Å². The Morgan fingerprint density at radius 1 is 0.944 bits per heavy atom. The maximum absolute atomic E-state index is 13.0. The minimum Gasteiger partial charge on any atom is -0.341 e. The molecule has 0 unspecified atom stereocenters. The van der Waals surface area contributed by atoms with Gasteiger partial charge in [0, 0.05) is 46.0 Å². The molecule has 180 valence electrons. The molecule has 1 aromatic carbocycles. The fourth-order valence-corrected chi connectivity index (χ4v) is 3.81. The Morgan fingerprint density at radius 2 is 1.81 bits per heavy atom. The highest BCUT2D eigenvalue weighted by Crippen LogP contribution is 2.32. The highest BCUT2D eigenvalue weighted by molar-refractivity contribution is 6.04. The van der Waals surface area contributed by atoms with Crippen molar-refractivity contribution >= 4 is 34.3 Å². The van der Waals surface area contributed by atoms with E-state index in [1.165, 1.54) is 6.33 Å². The van der Waals surface area contributed by atoms with Gasteiger partial charge in [0.2, 0.25) is 0 Å². The third-order valence-corrected chi connectivity index (χ3v) is 5.82. The molecular weight excluding hydrogens is 452 g/mol. The number of amides is 1. The van der Waals surface area contributed by atoms with E-state index < -0.39 is 0 Å². The SMILES string of the molecule is Cc1ccc(NC(=O)c2ccnc(C(C)(C)C)c2)cc1Nc1ncccc1-c1ncnc2nc[nH]c12. The minimum atomic E-state index is -0.196. The number of benzene rings is 1. The highest BCUT2D eigenvalue weighted by atomic mass is 16.1. The average Bonchev–Trinajstić information content (AvgIpc) is 3.35. The Hall–Kier alpha value is -4.66. The zero-order valence-electron chi connectivity index (χ0n) is 20.5. The number of hydrogen-bond acceptors (Lipinski definition) is 7. The largest absolute Gasteiger partial charge is 0.341 e. The summed E-state index contributed by atoms with van der Waals surface area (Å²) < 4.78 is 0. The molecule has 0 aliphatic carbocycles. The number of nitrogens with zero attached hydrogens (tertiary/aromatic N) is 5. The smallest absolute Gasteiger partial charge is 0.255 e. The number of rotatable bonds is 5. The maximum Gasteiger partial charge on any atom is 0.255 e. The van der Waals surface area contributed by atoms with E-state index in [1.54, 1.807) is 24.8 Å². The molecule has 1 amide bonds. The number of carbonyl (C=O) groups excluding carboxylic acids is 1. The van der Waals surface area contributed by atoms with Gasteiger partial charge in [-0.3, -0.25) is 9.78 Å². The molecule has 4 heterocycles. The van der Waals surface area contributed by atoms with Gasteiger partial charge in [-0.25, -0.2) is 19.9 Å². The first kappa shape index (κ1) is 23.1. The zero-order valence-corrected chi connectivity index (χ0v) is 20.5. The second-order valence-electron chi connectivity index (χ2n) is 9.51. The van der Waals surface area contributed by atoms with Crippen molar-refractivity contribution in [3.63, 3.8) is 0 Å². The molecular formula is C27H26N8O. The van der Waals surface area contributed by atoms with Crippen molar-refractivity contribution in [1.29, 1.82) is 0 Å². The van der Waals surface area contributed by atoms with Crippen LogP contribution in [-0.2, 0) is 5.41 Å². The molecule has 0 aliphatic rings. The summed E-state index contributed by atoms with van der Waals surface area (Å²) in [7, 11) is 0. The fourth-order valence-electron chi connectivity index (χ4n) is 3.81. The van der Waals surface area contributed by atoms with Crippen molar-refractivity contribution in [3.8, 4) is 11.3 Å². The van der Waals surface area contributed by atoms with Crippen molar-refractivity contribution in [1.82, 2.24) is 29.9 Å². The predicted octanol–water partition coefficient (Wildman–Crippen LogP) is 5.41. The third-order valence-electron chi connectivity index (χ3n) is 5.82. The van der Waals surface area contributed by atoms with Crippen LogP contribution < -0.4 is 10.6 Å². The summed E-state index contributed by atoms with van der Waals surface area (Å²) in [6.45, 7) is 8.20. The molecule has 0 spiro atoms. The molecule has 9 nitrogen and oxygen atoms in total. The normalized spacial score (nSPS) is 11.4. The van der Waals surface area contributed by atoms with Crippen LogP contribution in [0, 0.1) is 6.92 Å². The molecule has 4 aromatic heterocycles. The first-order valence-electron chi connectivity index (χ1n) is 11.5. The summed E-state index contributed by atoms with van der Waals surface area (Å²) in [5.74, 6) is 0.432. The Bertz CT molecular complexity index is 1570. The molecule has 0 saturated carbocycles. The number of fused-ring (bicyclic) bond motifs is 1. The number of anilines is 3. The van der Waals surface area contributed by atoms with Crippen molar-refractivity contribution in [3.05, 3.63) is 84.3 Å². The van der Waals surface area contributed by atoms with E-state index in [4.69, 9.17) is 0 Å². The lowest BCUT2D eigenvalue weighted by molar-refractivity contribution is 0.102. The number of aryl methyl sites for hydroxylation is 1. The topological polar surface area (TPSA) is 121 Å². The number of imidazole rings is 1. The highest BCUT2D eigenvalue weighted by Gasteiger charge is 2.18. The van der Waals surface area contributed by atoms with E-state index in [0.717, 1.165) is 28.0 Å². The van der Waals surface area contributed by atoms with Crippen LogP contribution in [0.1, 0.15) is 42.4 Å². The summed E-state index contributed by atoms with van der Waals surface area (Å²) in [5, 5.41) is 6.41. The predicted molar refractivity (Wildman–Crippen MR) is 140 cm³/mol. The summed E-state index contributed by atoms with van der Waals surface area (Å²) in [6.07, 6.45) is 6.47. The van der Waals surface area contributed by atoms with Crippen LogP contribution in [0.4, 0.5) is 17.2 Å². The monoisotopic (exact) mass is 478 g/mol. The van der Waals surface area contributed by atoms with Crippen LogP contribution in [0.2, 0.25) is 0 Å². The molecule has 36 heavy (non-hydrogen) atoms. The van der Waals surface area contributed by atoms with Crippen LogP contribution in [0.15, 0.2) is 67.5 Å². The van der Waals surface area contributed by atoms with Gasteiger partial charge in [-0.2, -0.15) is 0 Å². The molecule has 9 heteroatoms. The summed E-state index contributed by atoms with van der Waals surface area (Å²) >= 11 is 0. The van der Waals surface area contributed by atoms with Crippen molar-refractivity contribution in [2.45, 2.75) is 33.1 Å². The first-order chi connectivity index (χ1) is 17.3. The van der Waals surface area contributed by atoms with Crippen LogP contribution in [0.3, 0.4) is 0 Å². The van der Waals surface area contributed by atoms with Gasteiger partial charge >= 0.3 is 0 Å². The number of hydrogen-bond donors (Lipinski definition) is 3. The lowest BCUT2D eigenvalue weighted by Crippen LogP contribution is -2.17. The van der Waals surface area contributed by atoms with E-state index >= 15 is 0 Å².